The standard InChI is InChI=1S/C20H17Cl2NO3S/c1-2-3-16(19(24)25)27-20-23-17(12-4-8-14(21)9-5-12)18(26-20)13-6-10-15(22)11-7-13/h4-11,16H,2-3H2,1H3,(H,24,25). The zero-order valence-corrected chi connectivity index (χ0v) is 16.8. The second-order valence-corrected chi connectivity index (χ2v) is 7.93. The number of carbonyl (C=O) groups is 1. The Balaban J connectivity index is 2.04. The third-order valence-corrected chi connectivity index (χ3v) is 5.50. The van der Waals surface area contributed by atoms with E-state index in [1.54, 1.807) is 24.3 Å². The van der Waals surface area contributed by atoms with Crippen LogP contribution >= 0.6 is 35.0 Å². The summed E-state index contributed by atoms with van der Waals surface area (Å²) in [6, 6.07) is 14.5. The van der Waals surface area contributed by atoms with E-state index in [2.05, 4.69) is 4.98 Å². The van der Waals surface area contributed by atoms with Crippen LogP contribution in [0.25, 0.3) is 22.6 Å². The molecule has 1 unspecified atom stereocenters. The summed E-state index contributed by atoms with van der Waals surface area (Å²) in [4.78, 5) is 16.1. The highest BCUT2D eigenvalue weighted by Gasteiger charge is 2.24. The third-order valence-electron chi connectivity index (χ3n) is 3.90. The number of carboxylic acids is 1. The number of carboxylic acid groups (broad SMARTS) is 1. The first kappa shape index (κ1) is 19.8. The maximum Gasteiger partial charge on any atom is 0.317 e. The van der Waals surface area contributed by atoms with Gasteiger partial charge in [0.25, 0.3) is 5.22 Å². The fraction of sp³-hybridized carbons (Fsp3) is 0.200. The van der Waals surface area contributed by atoms with E-state index in [-0.39, 0.29) is 0 Å². The maximum atomic E-state index is 11.5. The topological polar surface area (TPSA) is 63.3 Å². The molecule has 4 nitrogen and oxygen atoms in total. The summed E-state index contributed by atoms with van der Waals surface area (Å²) in [5, 5.41) is 10.4. The lowest BCUT2D eigenvalue weighted by Gasteiger charge is -2.07. The zero-order valence-electron chi connectivity index (χ0n) is 14.5. The minimum atomic E-state index is -0.874. The van der Waals surface area contributed by atoms with Crippen LogP contribution in [-0.4, -0.2) is 21.3 Å². The zero-order chi connectivity index (χ0) is 19.4. The molecule has 1 heterocycles. The first-order valence-electron chi connectivity index (χ1n) is 8.40. The van der Waals surface area contributed by atoms with Crippen LogP contribution in [0.1, 0.15) is 19.8 Å². The number of rotatable bonds is 7. The summed E-state index contributed by atoms with van der Waals surface area (Å²) in [6.07, 6.45) is 1.30. The highest BCUT2D eigenvalue weighted by molar-refractivity contribution is 8.00. The molecule has 2 aromatic carbocycles. The quantitative estimate of drug-likeness (QED) is 0.431. The molecule has 0 fully saturated rings. The normalized spacial score (nSPS) is 12.1. The van der Waals surface area contributed by atoms with Gasteiger partial charge in [-0.2, -0.15) is 0 Å². The molecule has 0 saturated carbocycles. The molecule has 0 radical (unpaired) electrons. The Morgan fingerprint density at radius 1 is 1.07 bits per heavy atom. The van der Waals surface area contributed by atoms with E-state index in [9.17, 15) is 9.90 Å². The highest BCUT2D eigenvalue weighted by atomic mass is 35.5. The molecule has 3 rings (SSSR count). The van der Waals surface area contributed by atoms with Gasteiger partial charge in [-0.3, -0.25) is 4.79 Å². The molecular formula is C20H17Cl2NO3S. The number of benzene rings is 2. The Labute approximate surface area is 171 Å². The van der Waals surface area contributed by atoms with Crippen LogP contribution < -0.4 is 0 Å². The van der Waals surface area contributed by atoms with E-state index in [1.165, 1.54) is 0 Å². The van der Waals surface area contributed by atoms with Gasteiger partial charge < -0.3 is 9.52 Å². The summed E-state index contributed by atoms with van der Waals surface area (Å²) >= 11 is 13.1. The van der Waals surface area contributed by atoms with Gasteiger partial charge in [0, 0.05) is 21.2 Å². The summed E-state index contributed by atoms with van der Waals surface area (Å²) in [7, 11) is 0. The average Bonchev–Trinajstić information content (AvgIpc) is 3.06. The van der Waals surface area contributed by atoms with E-state index in [4.69, 9.17) is 27.6 Å². The summed E-state index contributed by atoms with van der Waals surface area (Å²) in [5.74, 6) is -0.307. The molecule has 0 aliphatic carbocycles. The van der Waals surface area contributed by atoms with E-state index in [0.717, 1.165) is 29.3 Å². The van der Waals surface area contributed by atoms with Crippen molar-refractivity contribution in [2.24, 2.45) is 0 Å². The van der Waals surface area contributed by atoms with Crippen molar-refractivity contribution >= 4 is 40.9 Å². The predicted molar refractivity (Wildman–Crippen MR) is 110 cm³/mol. The Morgan fingerprint density at radius 3 is 2.15 bits per heavy atom. The number of nitrogens with zero attached hydrogens (tertiary/aromatic N) is 1. The van der Waals surface area contributed by atoms with Gasteiger partial charge in [0.2, 0.25) is 0 Å². The van der Waals surface area contributed by atoms with Gasteiger partial charge in [-0.05, 0) is 42.8 Å². The molecule has 140 valence electrons. The Hall–Kier alpha value is -1.95. The van der Waals surface area contributed by atoms with Crippen LogP contribution in [0.15, 0.2) is 58.2 Å². The molecule has 0 aliphatic heterocycles. The van der Waals surface area contributed by atoms with Gasteiger partial charge in [0.15, 0.2) is 5.76 Å². The van der Waals surface area contributed by atoms with Crippen molar-refractivity contribution in [1.29, 1.82) is 0 Å². The molecule has 1 N–H and O–H groups in total. The predicted octanol–water partition coefficient (Wildman–Crippen LogP) is 6.66. The van der Waals surface area contributed by atoms with Crippen molar-refractivity contribution in [3.63, 3.8) is 0 Å². The molecule has 0 amide bonds. The van der Waals surface area contributed by atoms with Crippen molar-refractivity contribution in [2.75, 3.05) is 0 Å². The van der Waals surface area contributed by atoms with Gasteiger partial charge in [-0.25, -0.2) is 4.98 Å². The first-order valence-corrected chi connectivity index (χ1v) is 10.0. The smallest absolute Gasteiger partial charge is 0.317 e. The summed E-state index contributed by atoms with van der Waals surface area (Å²) < 4.78 is 5.96. The van der Waals surface area contributed by atoms with E-state index < -0.39 is 11.2 Å². The monoisotopic (exact) mass is 421 g/mol. The largest absolute Gasteiger partial charge is 0.480 e. The number of oxazole rings is 1. The van der Waals surface area contributed by atoms with Gasteiger partial charge in [-0.15, -0.1) is 0 Å². The summed E-state index contributed by atoms with van der Waals surface area (Å²) in [6.45, 7) is 1.95. The number of thioether (sulfide) groups is 1. The Morgan fingerprint density at radius 2 is 1.63 bits per heavy atom. The Kier molecular flexibility index (Phi) is 6.47. The lowest BCUT2D eigenvalue weighted by molar-refractivity contribution is -0.136. The van der Waals surface area contributed by atoms with Gasteiger partial charge in [-0.1, -0.05) is 60.4 Å². The Bertz CT molecular complexity index is 860. The maximum absolute atomic E-state index is 11.5. The van der Waals surface area contributed by atoms with Crippen molar-refractivity contribution in [1.82, 2.24) is 4.98 Å². The number of aromatic nitrogens is 1. The second-order valence-electron chi connectivity index (χ2n) is 5.90. The molecular weight excluding hydrogens is 405 g/mol. The van der Waals surface area contributed by atoms with E-state index in [1.807, 2.05) is 31.2 Å². The molecule has 27 heavy (non-hydrogen) atoms. The molecule has 1 atom stereocenters. The van der Waals surface area contributed by atoms with Crippen LogP contribution in [0, 0.1) is 0 Å². The lowest BCUT2D eigenvalue weighted by Crippen LogP contribution is -2.15. The molecule has 0 aliphatic rings. The molecule has 0 spiro atoms. The minimum Gasteiger partial charge on any atom is -0.480 e. The minimum absolute atomic E-state index is 0.325. The summed E-state index contributed by atoms with van der Waals surface area (Å²) in [5.41, 5.74) is 2.28. The fourth-order valence-electron chi connectivity index (χ4n) is 2.57. The first-order chi connectivity index (χ1) is 13.0. The SMILES string of the molecule is CCCC(Sc1nc(-c2ccc(Cl)cc2)c(-c2ccc(Cl)cc2)o1)C(=O)O. The van der Waals surface area contributed by atoms with E-state index >= 15 is 0 Å². The number of aliphatic carboxylic acids is 1. The van der Waals surface area contributed by atoms with Crippen LogP contribution in [0.4, 0.5) is 0 Å². The van der Waals surface area contributed by atoms with E-state index in [0.29, 0.717) is 33.1 Å². The van der Waals surface area contributed by atoms with Gasteiger partial charge in [0.05, 0.1) is 0 Å². The molecule has 0 saturated heterocycles. The number of hydrogen-bond donors (Lipinski definition) is 1. The van der Waals surface area contributed by atoms with Crippen molar-refractivity contribution < 1.29 is 14.3 Å². The van der Waals surface area contributed by atoms with Crippen molar-refractivity contribution in [3.05, 3.63) is 58.6 Å². The van der Waals surface area contributed by atoms with Crippen LogP contribution in [0.2, 0.25) is 10.0 Å². The molecule has 7 heteroatoms. The number of hydrogen-bond acceptors (Lipinski definition) is 4. The van der Waals surface area contributed by atoms with Gasteiger partial charge in [0.1, 0.15) is 10.9 Å². The van der Waals surface area contributed by atoms with Gasteiger partial charge >= 0.3 is 5.97 Å². The average molecular weight is 422 g/mol. The second kappa shape index (κ2) is 8.83. The fourth-order valence-corrected chi connectivity index (χ4v) is 3.79. The van der Waals surface area contributed by atoms with Crippen LogP contribution in [-0.2, 0) is 4.79 Å². The van der Waals surface area contributed by atoms with Crippen LogP contribution in [0.5, 0.6) is 0 Å². The van der Waals surface area contributed by atoms with Crippen molar-refractivity contribution in [2.45, 2.75) is 30.2 Å². The van der Waals surface area contributed by atoms with Crippen LogP contribution in [0.3, 0.4) is 0 Å². The lowest BCUT2D eigenvalue weighted by atomic mass is 10.1. The molecule has 3 aromatic rings. The molecule has 0 bridgehead atoms. The number of halogens is 2. The third kappa shape index (κ3) is 4.86. The van der Waals surface area contributed by atoms with Crippen molar-refractivity contribution in [3.8, 4) is 22.6 Å². The highest BCUT2D eigenvalue weighted by Crippen LogP contribution is 2.38. The molecule has 1 aromatic heterocycles.